The largest absolute Gasteiger partial charge is 0.352 e. The summed E-state index contributed by atoms with van der Waals surface area (Å²) >= 11 is 6.33. The van der Waals surface area contributed by atoms with Crippen LogP contribution in [-0.4, -0.2) is 29.4 Å². The highest BCUT2D eigenvalue weighted by molar-refractivity contribution is 6.32. The number of hydrogen-bond donors (Lipinski definition) is 0. The van der Waals surface area contributed by atoms with Crippen LogP contribution in [0.2, 0.25) is 5.02 Å². The second-order valence-electron chi connectivity index (χ2n) is 11.4. The van der Waals surface area contributed by atoms with Crippen LogP contribution in [0.1, 0.15) is 64.1 Å². The van der Waals surface area contributed by atoms with E-state index in [0.29, 0.717) is 16.1 Å². The van der Waals surface area contributed by atoms with Gasteiger partial charge in [-0.3, -0.25) is 14.4 Å². The SMILES string of the molecule is Cc1ccc([C@@H]2[C@H](C(=O)C(C)(C)C)N3c4ccc(Cl)cc4C=C[C@H]3C23C(=O)c2ccccc2C3=O)cc1. The van der Waals surface area contributed by atoms with E-state index in [4.69, 9.17) is 11.6 Å². The highest BCUT2D eigenvalue weighted by Gasteiger charge is 2.71. The first-order chi connectivity index (χ1) is 17.6. The molecule has 37 heavy (non-hydrogen) atoms. The Morgan fingerprint density at radius 3 is 2.14 bits per heavy atom. The number of nitrogens with zero attached hydrogens (tertiary/aromatic N) is 1. The van der Waals surface area contributed by atoms with E-state index < -0.39 is 28.8 Å². The zero-order chi connectivity index (χ0) is 26.3. The van der Waals surface area contributed by atoms with Gasteiger partial charge in [0.05, 0.1) is 12.1 Å². The third kappa shape index (κ3) is 3.18. The van der Waals surface area contributed by atoms with Crippen molar-refractivity contribution >= 4 is 40.7 Å². The molecule has 0 aromatic heterocycles. The first-order valence-corrected chi connectivity index (χ1v) is 13.0. The summed E-state index contributed by atoms with van der Waals surface area (Å²) in [5.41, 5.74) is 2.27. The average molecular weight is 510 g/mol. The van der Waals surface area contributed by atoms with Gasteiger partial charge in [0, 0.05) is 33.2 Å². The maximum Gasteiger partial charge on any atom is 0.180 e. The molecule has 1 saturated heterocycles. The van der Waals surface area contributed by atoms with E-state index in [9.17, 15) is 14.4 Å². The highest BCUT2D eigenvalue weighted by Crippen LogP contribution is 2.61. The van der Waals surface area contributed by atoms with Crippen LogP contribution in [-0.2, 0) is 4.79 Å². The number of carbonyl (C=O) groups is 3. The van der Waals surface area contributed by atoms with Crippen molar-refractivity contribution in [2.75, 3.05) is 4.90 Å². The number of halogens is 1. The number of anilines is 1. The van der Waals surface area contributed by atoms with Gasteiger partial charge in [-0.05, 0) is 36.2 Å². The summed E-state index contributed by atoms with van der Waals surface area (Å²) in [7, 11) is 0. The lowest BCUT2D eigenvalue weighted by Crippen LogP contribution is -2.49. The van der Waals surface area contributed by atoms with Crippen LogP contribution in [0.25, 0.3) is 6.08 Å². The smallest absolute Gasteiger partial charge is 0.180 e. The lowest BCUT2D eigenvalue weighted by molar-refractivity contribution is -0.127. The predicted molar refractivity (Wildman–Crippen MR) is 146 cm³/mol. The van der Waals surface area contributed by atoms with Crippen molar-refractivity contribution in [1.29, 1.82) is 0 Å². The number of hydrogen-bond acceptors (Lipinski definition) is 4. The molecule has 0 unspecified atom stereocenters. The Hall–Kier alpha value is -3.50. The second-order valence-corrected chi connectivity index (χ2v) is 11.9. The van der Waals surface area contributed by atoms with Crippen molar-refractivity contribution in [3.63, 3.8) is 0 Å². The molecule has 0 bridgehead atoms. The highest BCUT2D eigenvalue weighted by atomic mass is 35.5. The Kier molecular flexibility index (Phi) is 5.16. The normalized spacial score (nSPS) is 23.3. The van der Waals surface area contributed by atoms with E-state index >= 15 is 0 Å². The van der Waals surface area contributed by atoms with Crippen molar-refractivity contribution < 1.29 is 14.4 Å². The van der Waals surface area contributed by atoms with Gasteiger partial charge in [-0.15, -0.1) is 0 Å². The van der Waals surface area contributed by atoms with Crippen LogP contribution >= 0.6 is 11.6 Å². The minimum absolute atomic E-state index is 0.00675. The Morgan fingerprint density at radius 1 is 0.919 bits per heavy atom. The maximum absolute atomic E-state index is 14.5. The van der Waals surface area contributed by atoms with Gasteiger partial charge in [0.25, 0.3) is 0 Å². The number of benzene rings is 3. The fourth-order valence-corrected chi connectivity index (χ4v) is 6.72. The van der Waals surface area contributed by atoms with Crippen molar-refractivity contribution in [2.24, 2.45) is 10.8 Å². The van der Waals surface area contributed by atoms with E-state index in [1.807, 2.05) is 81.1 Å². The van der Waals surface area contributed by atoms with Crippen molar-refractivity contribution in [3.8, 4) is 0 Å². The van der Waals surface area contributed by atoms with E-state index in [1.165, 1.54) is 0 Å². The molecular formula is C32H28ClNO3. The molecule has 186 valence electrons. The van der Waals surface area contributed by atoms with Gasteiger partial charge < -0.3 is 4.90 Å². The molecule has 0 N–H and O–H groups in total. The molecule has 3 aromatic rings. The van der Waals surface area contributed by atoms with Gasteiger partial charge in [-0.2, -0.15) is 0 Å². The molecule has 3 aliphatic rings. The minimum Gasteiger partial charge on any atom is -0.352 e. The summed E-state index contributed by atoms with van der Waals surface area (Å²) in [5.74, 6) is -1.09. The molecular weight excluding hydrogens is 482 g/mol. The predicted octanol–water partition coefficient (Wildman–Crippen LogP) is 6.70. The van der Waals surface area contributed by atoms with E-state index in [0.717, 1.165) is 22.4 Å². The zero-order valence-electron chi connectivity index (χ0n) is 21.3. The van der Waals surface area contributed by atoms with Crippen molar-refractivity contribution in [2.45, 2.75) is 45.7 Å². The topological polar surface area (TPSA) is 54.5 Å². The van der Waals surface area contributed by atoms with E-state index in [-0.39, 0.29) is 17.3 Å². The number of ketones is 3. The quantitative estimate of drug-likeness (QED) is 0.361. The van der Waals surface area contributed by atoms with Crippen LogP contribution in [0.5, 0.6) is 0 Å². The van der Waals surface area contributed by atoms with Gasteiger partial charge in [-0.25, -0.2) is 0 Å². The molecule has 4 nitrogen and oxygen atoms in total. The molecule has 0 amide bonds. The Balaban J connectivity index is 1.70. The molecule has 5 heteroatoms. The van der Waals surface area contributed by atoms with Crippen LogP contribution in [0, 0.1) is 17.8 Å². The number of carbonyl (C=O) groups excluding carboxylic acids is 3. The standard InChI is InChI=1S/C32H28ClNO3/c1-18-9-11-19(12-10-18)26-27(30(37)31(2,3)4)34-24-15-14-21(33)17-20(24)13-16-25(34)32(26)28(35)22-7-5-6-8-23(22)29(32)36/h5-17,25-27H,1-4H3/t25-,26+,27+/m0/s1. The van der Waals surface area contributed by atoms with Crippen LogP contribution in [0.3, 0.4) is 0 Å². The molecule has 1 aliphatic carbocycles. The second kappa shape index (κ2) is 8.00. The third-order valence-corrected chi connectivity index (χ3v) is 8.45. The fraction of sp³-hybridized carbons (Fsp3) is 0.281. The van der Waals surface area contributed by atoms with Gasteiger partial charge in [0.1, 0.15) is 5.41 Å². The summed E-state index contributed by atoms with van der Waals surface area (Å²) < 4.78 is 0. The average Bonchev–Trinajstić information content (AvgIpc) is 3.29. The summed E-state index contributed by atoms with van der Waals surface area (Å²) in [6, 6.07) is 19.2. The van der Waals surface area contributed by atoms with Gasteiger partial charge >= 0.3 is 0 Å². The van der Waals surface area contributed by atoms with Gasteiger partial charge in [0.15, 0.2) is 17.3 Å². The molecule has 2 heterocycles. The molecule has 0 radical (unpaired) electrons. The van der Waals surface area contributed by atoms with Crippen LogP contribution < -0.4 is 4.90 Å². The molecule has 6 rings (SSSR count). The van der Waals surface area contributed by atoms with Crippen molar-refractivity contribution in [1.82, 2.24) is 0 Å². The summed E-state index contributed by atoms with van der Waals surface area (Å²) in [6.07, 6.45) is 3.86. The van der Waals surface area contributed by atoms with Crippen molar-refractivity contribution in [3.05, 3.63) is 106 Å². The molecule has 1 fully saturated rings. The lowest BCUT2D eigenvalue weighted by Gasteiger charge is -2.38. The van der Waals surface area contributed by atoms with Gasteiger partial charge in [-0.1, -0.05) is 98.6 Å². The minimum atomic E-state index is -1.46. The van der Waals surface area contributed by atoms with E-state index in [1.54, 1.807) is 30.3 Å². The van der Waals surface area contributed by atoms with Crippen LogP contribution in [0.15, 0.2) is 72.8 Å². The monoisotopic (exact) mass is 509 g/mol. The zero-order valence-corrected chi connectivity index (χ0v) is 22.0. The number of fused-ring (bicyclic) bond motifs is 5. The maximum atomic E-state index is 14.5. The van der Waals surface area contributed by atoms with Gasteiger partial charge in [0.2, 0.25) is 0 Å². The third-order valence-electron chi connectivity index (χ3n) is 8.21. The molecule has 2 aliphatic heterocycles. The first kappa shape index (κ1) is 23.9. The molecule has 3 atom stereocenters. The Labute approximate surface area is 221 Å². The summed E-state index contributed by atoms with van der Waals surface area (Å²) in [5, 5.41) is 0.588. The Morgan fingerprint density at radius 2 is 1.54 bits per heavy atom. The molecule has 1 spiro atoms. The number of Topliss-reactive ketones (excluding diaryl/α,β-unsaturated/α-hetero) is 3. The number of aryl methyl sites for hydroxylation is 1. The Bertz CT molecular complexity index is 1480. The van der Waals surface area contributed by atoms with Crippen LogP contribution in [0.4, 0.5) is 5.69 Å². The van der Waals surface area contributed by atoms with E-state index in [2.05, 4.69) is 0 Å². The first-order valence-electron chi connectivity index (χ1n) is 12.6. The summed E-state index contributed by atoms with van der Waals surface area (Å²) in [6.45, 7) is 7.70. The summed E-state index contributed by atoms with van der Waals surface area (Å²) in [4.78, 5) is 45.4. The molecule has 3 aromatic carbocycles. The molecule has 0 saturated carbocycles. The lowest BCUT2D eigenvalue weighted by atomic mass is 9.63. The number of rotatable bonds is 2. The fourth-order valence-electron chi connectivity index (χ4n) is 6.54.